The fourth-order valence-electron chi connectivity index (χ4n) is 1.69. The SMILES string of the molecule is O=C(NC1CCC1)c1cc(F)c(Br)c(S(=O)(=O)Cl)c1. The average Bonchev–Trinajstić information content (AvgIpc) is 2.25. The molecule has 1 fully saturated rings. The molecule has 0 aliphatic heterocycles. The highest BCUT2D eigenvalue weighted by Gasteiger charge is 2.24. The summed E-state index contributed by atoms with van der Waals surface area (Å²) in [6.45, 7) is 0. The predicted molar refractivity (Wildman–Crippen MR) is 72.2 cm³/mol. The Kier molecular flexibility index (Phi) is 4.17. The third-order valence-electron chi connectivity index (χ3n) is 2.96. The van der Waals surface area contributed by atoms with Crippen LogP contribution in [0, 0.1) is 5.82 Å². The van der Waals surface area contributed by atoms with E-state index in [-0.39, 0.29) is 16.1 Å². The Morgan fingerprint density at radius 1 is 1.42 bits per heavy atom. The summed E-state index contributed by atoms with van der Waals surface area (Å²) in [5, 5.41) is 2.70. The molecule has 0 heterocycles. The molecule has 0 radical (unpaired) electrons. The topological polar surface area (TPSA) is 63.2 Å². The third-order valence-corrected chi connectivity index (χ3v) is 5.37. The van der Waals surface area contributed by atoms with Crippen molar-refractivity contribution in [2.75, 3.05) is 0 Å². The summed E-state index contributed by atoms with van der Waals surface area (Å²) in [5.74, 6) is -1.35. The van der Waals surface area contributed by atoms with Gasteiger partial charge >= 0.3 is 0 Å². The number of hydrogen-bond acceptors (Lipinski definition) is 3. The Bertz CT molecular complexity index is 631. The zero-order valence-corrected chi connectivity index (χ0v) is 12.8. The number of amides is 1. The van der Waals surface area contributed by atoms with Crippen LogP contribution in [0.2, 0.25) is 0 Å². The molecule has 1 amide bonds. The van der Waals surface area contributed by atoms with Gasteiger partial charge in [0.25, 0.3) is 15.0 Å². The minimum atomic E-state index is -4.13. The summed E-state index contributed by atoms with van der Waals surface area (Å²) in [6.07, 6.45) is 2.80. The van der Waals surface area contributed by atoms with Crippen LogP contribution in [-0.4, -0.2) is 20.4 Å². The Labute approximate surface area is 122 Å². The molecule has 2 rings (SSSR count). The molecule has 19 heavy (non-hydrogen) atoms. The molecule has 4 nitrogen and oxygen atoms in total. The molecule has 1 aliphatic carbocycles. The van der Waals surface area contributed by atoms with Crippen molar-refractivity contribution in [3.8, 4) is 0 Å². The van der Waals surface area contributed by atoms with Crippen LogP contribution in [0.25, 0.3) is 0 Å². The van der Waals surface area contributed by atoms with Gasteiger partial charge in [0.1, 0.15) is 10.7 Å². The van der Waals surface area contributed by atoms with Gasteiger partial charge in [-0.2, -0.15) is 0 Å². The monoisotopic (exact) mass is 369 g/mol. The van der Waals surface area contributed by atoms with Crippen LogP contribution in [0.1, 0.15) is 29.6 Å². The van der Waals surface area contributed by atoms with Crippen LogP contribution in [0.4, 0.5) is 4.39 Å². The first kappa shape index (κ1) is 14.7. The number of nitrogens with one attached hydrogen (secondary N) is 1. The standard InChI is InChI=1S/C11H10BrClFNO3S/c12-10-8(14)4-6(5-9(10)19(13,17)18)11(16)15-7-2-1-3-7/h4-5,7H,1-3H2,(H,15,16). The molecule has 0 atom stereocenters. The molecule has 1 aromatic rings. The molecule has 0 spiro atoms. The second-order valence-corrected chi connectivity index (χ2v) is 7.64. The zero-order valence-electron chi connectivity index (χ0n) is 9.62. The second-order valence-electron chi connectivity index (χ2n) is 4.31. The smallest absolute Gasteiger partial charge is 0.262 e. The van der Waals surface area contributed by atoms with Crippen molar-refractivity contribution in [2.45, 2.75) is 30.2 Å². The zero-order chi connectivity index (χ0) is 14.2. The summed E-state index contributed by atoms with van der Waals surface area (Å²) >= 11 is 2.80. The normalized spacial score (nSPS) is 15.9. The first-order valence-corrected chi connectivity index (χ1v) is 8.64. The number of rotatable bonds is 3. The maximum Gasteiger partial charge on any atom is 0.262 e. The molecule has 1 aliphatic rings. The van der Waals surface area contributed by atoms with Gasteiger partial charge < -0.3 is 5.32 Å². The molecular formula is C11H10BrClFNO3S. The number of benzene rings is 1. The third kappa shape index (κ3) is 3.27. The molecule has 0 aromatic heterocycles. The van der Waals surface area contributed by atoms with Gasteiger partial charge in [-0.3, -0.25) is 4.79 Å². The molecule has 104 valence electrons. The molecule has 0 bridgehead atoms. The first-order valence-electron chi connectivity index (χ1n) is 5.53. The van der Waals surface area contributed by atoms with Crippen molar-refractivity contribution in [2.24, 2.45) is 0 Å². The van der Waals surface area contributed by atoms with Gasteiger partial charge in [-0.25, -0.2) is 12.8 Å². The largest absolute Gasteiger partial charge is 0.349 e. The lowest BCUT2D eigenvalue weighted by atomic mass is 9.93. The minimum absolute atomic E-state index is 0.0631. The highest BCUT2D eigenvalue weighted by atomic mass is 79.9. The summed E-state index contributed by atoms with van der Waals surface area (Å²) in [6, 6.07) is 2.11. The Hall–Kier alpha value is -0.660. The van der Waals surface area contributed by atoms with E-state index in [2.05, 4.69) is 21.2 Å². The molecule has 1 N–H and O–H groups in total. The van der Waals surface area contributed by atoms with E-state index in [0.717, 1.165) is 31.4 Å². The fraction of sp³-hybridized carbons (Fsp3) is 0.364. The van der Waals surface area contributed by atoms with Crippen molar-refractivity contribution >= 4 is 41.6 Å². The van der Waals surface area contributed by atoms with Gasteiger partial charge in [0.05, 0.1) is 4.47 Å². The van der Waals surface area contributed by atoms with Crippen LogP contribution >= 0.6 is 26.6 Å². The predicted octanol–water partition coefficient (Wildman–Crippen LogP) is 2.80. The van der Waals surface area contributed by atoms with Crippen LogP contribution in [0.15, 0.2) is 21.5 Å². The molecule has 0 unspecified atom stereocenters. The van der Waals surface area contributed by atoms with Gasteiger partial charge in [0.2, 0.25) is 0 Å². The number of hydrogen-bond donors (Lipinski definition) is 1. The summed E-state index contributed by atoms with van der Waals surface area (Å²) in [5.41, 5.74) is -0.0631. The summed E-state index contributed by atoms with van der Waals surface area (Å²) in [4.78, 5) is 11.4. The van der Waals surface area contributed by atoms with Gasteiger partial charge in [-0.05, 0) is 47.3 Å². The maximum atomic E-state index is 13.6. The van der Waals surface area contributed by atoms with E-state index in [1.165, 1.54) is 0 Å². The average molecular weight is 371 g/mol. The van der Waals surface area contributed by atoms with E-state index in [0.29, 0.717) is 0 Å². The first-order chi connectivity index (χ1) is 8.79. The lowest BCUT2D eigenvalue weighted by molar-refractivity contribution is 0.0916. The van der Waals surface area contributed by atoms with Crippen molar-refractivity contribution in [1.29, 1.82) is 0 Å². The van der Waals surface area contributed by atoms with E-state index in [9.17, 15) is 17.6 Å². The van der Waals surface area contributed by atoms with E-state index >= 15 is 0 Å². The van der Waals surface area contributed by atoms with Crippen LogP contribution in [-0.2, 0) is 9.05 Å². The quantitative estimate of drug-likeness (QED) is 0.832. The summed E-state index contributed by atoms with van der Waals surface area (Å²) in [7, 11) is 1.07. The second kappa shape index (κ2) is 5.38. The van der Waals surface area contributed by atoms with Gasteiger partial charge in [-0.1, -0.05) is 0 Å². The van der Waals surface area contributed by atoms with Crippen molar-refractivity contribution < 1.29 is 17.6 Å². The van der Waals surface area contributed by atoms with E-state index in [1.807, 2.05) is 0 Å². The molecular weight excluding hydrogens is 361 g/mol. The van der Waals surface area contributed by atoms with E-state index < -0.39 is 25.7 Å². The molecule has 8 heteroatoms. The van der Waals surface area contributed by atoms with Crippen LogP contribution in [0.5, 0.6) is 0 Å². The lowest BCUT2D eigenvalue weighted by Crippen LogP contribution is -2.39. The van der Waals surface area contributed by atoms with Crippen molar-refractivity contribution in [1.82, 2.24) is 5.32 Å². The van der Waals surface area contributed by atoms with Gasteiger partial charge in [0.15, 0.2) is 0 Å². The van der Waals surface area contributed by atoms with E-state index in [4.69, 9.17) is 10.7 Å². The fourth-order valence-corrected chi connectivity index (χ4v) is 3.79. The van der Waals surface area contributed by atoms with Crippen molar-refractivity contribution in [3.63, 3.8) is 0 Å². The van der Waals surface area contributed by atoms with Crippen molar-refractivity contribution in [3.05, 3.63) is 28.0 Å². The number of halogens is 3. The Morgan fingerprint density at radius 3 is 2.53 bits per heavy atom. The summed E-state index contributed by atoms with van der Waals surface area (Å²) < 4.78 is 36.0. The molecule has 0 saturated heterocycles. The van der Waals surface area contributed by atoms with Gasteiger partial charge in [-0.15, -0.1) is 0 Å². The Balaban J connectivity index is 2.36. The number of carbonyl (C=O) groups is 1. The highest BCUT2D eigenvalue weighted by Crippen LogP contribution is 2.29. The minimum Gasteiger partial charge on any atom is -0.349 e. The van der Waals surface area contributed by atoms with E-state index in [1.54, 1.807) is 0 Å². The van der Waals surface area contributed by atoms with Crippen LogP contribution < -0.4 is 5.32 Å². The van der Waals surface area contributed by atoms with Gasteiger partial charge in [0, 0.05) is 22.3 Å². The molecule has 1 saturated carbocycles. The maximum absolute atomic E-state index is 13.6. The lowest BCUT2D eigenvalue weighted by Gasteiger charge is -2.26. The Morgan fingerprint density at radius 2 is 2.05 bits per heavy atom. The highest BCUT2D eigenvalue weighted by molar-refractivity contribution is 9.10. The van der Waals surface area contributed by atoms with Crippen LogP contribution in [0.3, 0.4) is 0 Å². The molecule has 1 aromatic carbocycles. The number of carbonyl (C=O) groups excluding carboxylic acids is 1.